The number of aromatic nitrogens is 3. The third-order valence-electron chi connectivity index (χ3n) is 2.47. The highest BCUT2D eigenvalue weighted by atomic mass is 19.4. The second kappa shape index (κ2) is 4.75. The van der Waals surface area contributed by atoms with E-state index in [9.17, 15) is 13.2 Å². The van der Waals surface area contributed by atoms with Gasteiger partial charge in [0.05, 0.1) is 17.8 Å². The molecule has 0 bridgehead atoms. The molecule has 0 saturated heterocycles. The molecule has 1 heterocycles. The summed E-state index contributed by atoms with van der Waals surface area (Å²) in [5.74, 6) is 5.31. The molecule has 0 spiro atoms. The summed E-state index contributed by atoms with van der Waals surface area (Å²) >= 11 is 0. The van der Waals surface area contributed by atoms with Gasteiger partial charge >= 0.3 is 6.18 Å². The van der Waals surface area contributed by atoms with Crippen molar-refractivity contribution in [2.75, 3.05) is 0 Å². The molecule has 0 fully saturated rings. The number of halogens is 3. The quantitative estimate of drug-likeness (QED) is 0.573. The first-order valence-electron chi connectivity index (χ1n) is 5.02. The first kappa shape index (κ1) is 12.5. The summed E-state index contributed by atoms with van der Waals surface area (Å²) in [5, 5.41) is 9.63. The number of rotatable bonds is 3. The van der Waals surface area contributed by atoms with Gasteiger partial charge in [-0.15, -0.1) is 0 Å². The highest BCUT2D eigenvalue weighted by molar-refractivity contribution is 5.36. The van der Waals surface area contributed by atoms with Crippen LogP contribution in [0.4, 0.5) is 13.2 Å². The number of hydrogen-bond acceptors (Lipinski definition) is 4. The lowest BCUT2D eigenvalue weighted by molar-refractivity contribution is -0.138. The van der Waals surface area contributed by atoms with E-state index < -0.39 is 17.8 Å². The molecular formula is C10H10F3N5. The Kier molecular flexibility index (Phi) is 3.30. The van der Waals surface area contributed by atoms with Crippen LogP contribution >= 0.6 is 0 Å². The van der Waals surface area contributed by atoms with E-state index in [-0.39, 0.29) is 11.3 Å². The fourth-order valence-electron chi connectivity index (χ4n) is 1.69. The van der Waals surface area contributed by atoms with Crippen LogP contribution in [0.1, 0.15) is 22.9 Å². The fraction of sp³-hybridized carbons (Fsp3) is 0.200. The Morgan fingerprint density at radius 3 is 2.56 bits per heavy atom. The minimum absolute atomic E-state index is 0.00130. The van der Waals surface area contributed by atoms with E-state index in [4.69, 9.17) is 5.84 Å². The summed E-state index contributed by atoms with van der Waals surface area (Å²) in [5.41, 5.74) is 1.84. The Morgan fingerprint density at radius 2 is 2.00 bits per heavy atom. The van der Waals surface area contributed by atoms with Gasteiger partial charge < -0.3 is 0 Å². The molecule has 0 aliphatic rings. The van der Waals surface area contributed by atoms with Gasteiger partial charge in [0.25, 0.3) is 0 Å². The first-order valence-corrected chi connectivity index (χ1v) is 5.02. The topological polar surface area (TPSA) is 79.6 Å². The van der Waals surface area contributed by atoms with Gasteiger partial charge in [0.1, 0.15) is 5.69 Å². The number of alkyl halides is 3. The molecule has 96 valence electrons. The molecule has 1 unspecified atom stereocenters. The number of nitrogens with two attached hydrogens (primary N) is 1. The van der Waals surface area contributed by atoms with Gasteiger partial charge in [0.2, 0.25) is 0 Å². The number of H-pyrrole nitrogens is 1. The summed E-state index contributed by atoms with van der Waals surface area (Å²) < 4.78 is 38.6. The van der Waals surface area contributed by atoms with E-state index in [0.717, 1.165) is 6.07 Å². The lowest BCUT2D eigenvalue weighted by Gasteiger charge is -2.19. The minimum atomic E-state index is -4.45. The van der Waals surface area contributed by atoms with E-state index in [1.807, 2.05) is 0 Å². The molecule has 18 heavy (non-hydrogen) atoms. The van der Waals surface area contributed by atoms with Crippen LogP contribution < -0.4 is 11.3 Å². The van der Waals surface area contributed by atoms with Crippen molar-refractivity contribution in [1.29, 1.82) is 0 Å². The van der Waals surface area contributed by atoms with Gasteiger partial charge in [-0.3, -0.25) is 5.84 Å². The van der Waals surface area contributed by atoms with E-state index in [0.29, 0.717) is 0 Å². The van der Waals surface area contributed by atoms with Crippen LogP contribution in [0.3, 0.4) is 0 Å². The van der Waals surface area contributed by atoms with Crippen molar-refractivity contribution < 1.29 is 13.2 Å². The molecule has 2 aromatic rings. The Morgan fingerprint density at radius 1 is 1.28 bits per heavy atom. The molecule has 8 heteroatoms. The Balaban J connectivity index is 2.50. The predicted molar refractivity (Wildman–Crippen MR) is 57.0 cm³/mol. The van der Waals surface area contributed by atoms with Crippen LogP contribution in [-0.4, -0.2) is 15.4 Å². The molecule has 2 rings (SSSR count). The Labute approximate surface area is 100 Å². The maximum absolute atomic E-state index is 12.9. The van der Waals surface area contributed by atoms with Gasteiger partial charge in [-0.25, -0.2) is 5.43 Å². The summed E-state index contributed by atoms with van der Waals surface area (Å²) in [6.45, 7) is 0. The molecule has 4 N–H and O–H groups in total. The van der Waals surface area contributed by atoms with Gasteiger partial charge in [0.15, 0.2) is 0 Å². The summed E-state index contributed by atoms with van der Waals surface area (Å²) in [4.78, 5) is 0. The number of hydrazine groups is 1. The SMILES string of the molecule is NNC(c1cn[nH]n1)c1ccccc1C(F)(F)F. The highest BCUT2D eigenvalue weighted by Gasteiger charge is 2.35. The second-order valence-electron chi connectivity index (χ2n) is 3.58. The predicted octanol–water partition coefficient (Wildman–Crippen LogP) is 1.38. The Bertz CT molecular complexity index is 508. The monoisotopic (exact) mass is 257 g/mol. The smallest absolute Gasteiger partial charge is 0.271 e. The van der Waals surface area contributed by atoms with Crippen LogP contribution in [-0.2, 0) is 6.18 Å². The molecule has 0 aliphatic carbocycles. The second-order valence-corrected chi connectivity index (χ2v) is 3.58. The van der Waals surface area contributed by atoms with E-state index in [1.54, 1.807) is 0 Å². The molecular weight excluding hydrogens is 247 g/mol. The van der Waals surface area contributed by atoms with Crippen LogP contribution in [0.2, 0.25) is 0 Å². The molecule has 1 aromatic carbocycles. The van der Waals surface area contributed by atoms with E-state index in [1.165, 1.54) is 24.4 Å². The van der Waals surface area contributed by atoms with Crippen LogP contribution in [0.25, 0.3) is 0 Å². The average Bonchev–Trinajstić information content (AvgIpc) is 2.83. The fourth-order valence-corrected chi connectivity index (χ4v) is 1.69. The standard InChI is InChI=1S/C10H10F3N5/c11-10(12,13)7-4-2-1-3-6(7)9(16-14)8-5-15-18-17-8/h1-5,9,16H,14H2,(H,15,17,18). The summed E-state index contributed by atoms with van der Waals surface area (Å²) in [6, 6.07) is 4.31. The van der Waals surface area contributed by atoms with Crippen molar-refractivity contribution in [1.82, 2.24) is 20.8 Å². The molecule has 5 nitrogen and oxygen atoms in total. The van der Waals surface area contributed by atoms with Crippen LogP contribution in [0, 0.1) is 0 Å². The molecule has 0 amide bonds. The normalized spacial score (nSPS) is 13.6. The van der Waals surface area contributed by atoms with Crippen LogP contribution in [0.5, 0.6) is 0 Å². The maximum Gasteiger partial charge on any atom is 0.416 e. The van der Waals surface area contributed by atoms with Gasteiger partial charge in [-0.2, -0.15) is 28.6 Å². The van der Waals surface area contributed by atoms with Crippen molar-refractivity contribution >= 4 is 0 Å². The number of nitrogens with one attached hydrogen (secondary N) is 2. The Hall–Kier alpha value is -1.93. The largest absolute Gasteiger partial charge is 0.416 e. The molecule has 0 radical (unpaired) electrons. The number of aromatic amines is 1. The van der Waals surface area contributed by atoms with Crippen molar-refractivity contribution in [2.45, 2.75) is 12.2 Å². The summed E-state index contributed by atoms with van der Waals surface area (Å²) in [6.07, 6.45) is -3.13. The number of hydrogen-bond donors (Lipinski definition) is 3. The van der Waals surface area contributed by atoms with Gasteiger partial charge in [-0.1, -0.05) is 18.2 Å². The van der Waals surface area contributed by atoms with Gasteiger partial charge in [0, 0.05) is 0 Å². The zero-order valence-electron chi connectivity index (χ0n) is 9.07. The van der Waals surface area contributed by atoms with E-state index in [2.05, 4.69) is 20.8 Å². The zero-order valence-corrected chi connectivity index (χ0v) is 9.07. The lowest BCUT2D eigenvalue weighted by atomic mass is 9.98. The van der Waals surface area contributed by atoms with Crippen molar-refractivity contribution in [3.05, 3.63) is 47.3 Å². The van der Waals surface area contributed by atoms with Crippen molar-refractivity contribution in [3.8, 4) is 0 Å². The maximum atomic E-state index is 12.9. The zero-order chi connectivity index (χ0) is 13.2. The molecule has 1 aromatic heterocycles. The number of nitrogens with zero attached hydrogens (tertiary/aromatic N) is 2. The molecule has 0 saturated carbocycles. The number of benzene rings is 1. The molecule has 0 aliphatic heterocycles. The highest BCUT2D eigenvalue weighted by Crippen LogP contribution is 2.35. The van der Waals surface area contributed by atoms with Crippen molar-refractivity contribution in [3.63, 3.8) is 0 Å². The molecule has 1 atom stereocenters. The lowest BCUT2D eigenvalue weighted by Crippen LogP contribution is -2.30. The summed E-state index contributed by atoms with van der Waals surface area (Å²) in [7, 11) is 0. The van der Waals surface area contributed by atoms with Crippen molar-refractivity contribution in [2.24, 2.45) is 5.84 Å². The van der Waals surface area contributed by atoms with E-state index >= 15 is 0 Å². The third kappa shape index (κ3) is 2.34. The van der Waals surface area contributed by atoms with Gasteiger partial charge in [-0.05, 0) is 11.6 Å². The third-order valence-corrected chi connectivity index (χ3v) is 2.47. The first-order chi connectivity index (χ1) is 8.54. The average molecular weight is 257 g/mol. The minimum Gasteiger partial charge on any atom is -0.271 e. The van der Waals surface area contributed by atoms with Crippen LogP contribution in [0.15, 0.2) is 30.5 Å².